The molecule has 10 heteroatoms. The molecule has 6 nitrogen and oxygen atoms in total. The van der Waals surface area contributed by atoms with Gasteiger partial charge in [-0.15, -0.1) is 0 Å². The smallest absolute Gasteiger partial charge is 0.387 e. The van der Waals surface area contributed by atoms with Gasteiger partial charge < -0.3 is 9.64 Å². The number of halogens is 4. The first kappa shape index (κ1) is 25.2. The van der Waals surface area contributed by atoms with Crippen molar-refractivity contribution in [1.29, 1.82) is 0 Å². The standard InChI is InChI=1S/C20H17ClF3N3O3.C2H6/c1-10-8-13(9-15(21)17(10)22)26(3)18(28)16-11(2)25-27(19(16)29)12-4-6-14(7-5-12)30-20(23)24;1-2/h4-9,16,20H,1-3H3;1-2H3. The molecule has 0 spiro atoms. The van der Waals surface area contributed by atoms with E-state index < -0.39 is 30.2 Å². The fourth-order valence-corrected chi connectivity index (χ4v) is 3.29. The third-order valence-electron chi connectivity index (χ3n) is 4.60. The number of anilines is 2. The summed E-state index contributed by atoms with van der Waals surface area (Å²) >= 11 is 5.86. The molecule has 0 aliphatic carbocycles. The molecular weight excluding hydrogens is 447 g/mol. The van der Waals surface area contributed by atoms with Gasteiger partial charge in [0.15, 0.2) is 5.92 Å². The fraction of sp³-hybridized carbons (Fsp3) is 0.318. The molecule has 1 aliphatic rings. The Morgan fingerprint density at radius 2 is 1.78 bits per heavy atom. The molecule has 1 heterocycles. The van der Waals surface area contributed by atoms with Crippen LogP contribution >= 0.6 is 11.6 Å². The zero-order valence-corrected chi connectivity index (χ0v) is 19.0. The number of aryl methyl sites for hydroxylation is 1. The predicted octanol–water partition coefficient (Wildman–Crippen LogP) is 5.42. The van der Waals surface area contributed by atoms with Gasteiger partial charge in [0.1, 0.15) is 11.6 Å². The number of amides is 2. The Balaban J connectivity index is 0.00000176. The van der Waals surface area contributed by atoms with Gasteiger partial charge in [-0.05, 0) is 55.8 Å². The Morgan fingerprint density at radius 1 is 1.19 bits per heavy atom. The van der Waals surface area contributed by atoms with Crippen LogP contribution in [0.25, 0.3) is 0 Å². The van der Waals surface area contributed by atoms with Crippen molar-refractivity contribution in [1.82, 2.24) is 0 Å². The van der Waals surface area contributed by atoms with E-state index >= 15 is 0 Å². The van der Waals surface area contributed by atoms with Gasteiger partial charge in [0, 0.05) is 12.7 Å². The molecule has 0 aromatic heterocycles. The summed E-state index contributed by atoms with van der Waals surface area (Å²) in [6, 6.07) is 8.05. The lowest BCUT2D eigenvalue weighted by Gasteiger charge is -2.22. The minimum Gasteiger partial charge on any atom is -0.435 e. The molecule has 0 bridgehead atoms. The van der Waals surface area contributed by atoms with E-state index in [0.29, 0.717) is 11.4 Å². The van der Waals surface area contributed by atoms with Gasteiger partial charge in [-0.3, -0.25) is 9.59 Å². The first-order chi connectivity index (χ1) is 15.1. The lowest BCUT2D eigenvalue weighted by Crippen LogP contribution is -2.41. The van der Waals surface area contributed by atoms with Crippen molar-refractivity contribution >= 4 is 40.5 Å². The second-order valence-electron chi connectivity index (χ2n) is 6.65. The highest BCUT2D eigenvalue weighted by molar-refractivity contribution is 6.31. The second-order valence-corrected chi connectivity index (χ2v) is 7.06. The van der Waals surface area contributed by atoms with Crippen LogP contribution in [-0.2, 0) is 9.59 Å². The van der Waals surface area contributed by atoms with E-state index in [-0.39, 0.29) is 22.0 Å². The monoisotopic (exact) mass is 469 g/mol. The van der Waals surface area contributed by atoms with Crippen molar-refractivity contribution in [2.24, 2.45) is 11.0 Å². The van der Waals surface area contributed by atoms with Crippen LogP contribution < -0.4 is 14.6 Å². The van der Waals surface area contributed by atoms with Crippen molar-refractivity contribution < 1.29 is 27.5 Å². The highest BCUT2D eigenvalue weighted by Gasteiger charge is 2.41. The van der Waals surface area contributed by atoms with Crippen molar-refractivity contribution in [3.63, 3.8) is 0 Å². The van der Waals surface area contributed by atoms with E-state index in [1.54, 1.807) is 0 Å². The maximum absolute atomic E-state index is 13.8. The number of nitrogens with zero attached hydrogens (tertiary/aromatic N) is 3. The summed E-state index contributed by atoms with van der Waals surface area (Å²) in [4.78, 5) is 27.1. The van der Waals surface area contributed by atoms with E-state index in [4.69, 9.17) is 11.6 Å². The molecule has 0 N–H and O–H groups in total. The lowest BCUT2D eigenvalue weighted by molar-refractivity contribution is -0.128. The largest absolute Gasteiger partial charge is 0.435 e. The topological polar surface area (TPSA) is 62.2 Å². The molecule has 3 rings (SSSR count). The maximum atomic E-state index is 13.8. The van der Waals surface area contributed by atoms with Gasteiger partial charge in [-0.1, -0.05) is 25.4 Å². The van der Waals surface area contributed by atoms with E-state index in [2.05, 4.69) is 9.84 Å². The molecule has 32 heavy (non-hydrogen) atoms. The van der Waals surface area contributed by atoms with Crippen LogP contribution in [0, 0.1) is 18.7 Å². The molecule has 0 saturated carbocycles. The van der Waals surface area contributed by atoms with Gasteiger partial charge in [0.2, 0.25) is 5.91 Å². The van der Waals surface area contributed by atoms with Gasteiger partial charge in [0.05, 0.1) is 16.4 Å². The predicted molar refractivity (Wildman–Crippen MR) is 118 cm³/mol. The first-order valence-corrected chi connectivity index (χ1v) is 10.1. The summed E-state index contributed by atoms with van der Waals surface area (Å²) in [7, 11) is 1.45. The Morgan fingerprint density at radius 3 is 2.31 bits per heavy atom. The number of carbonyl (C=O) groups excluding carboxylic acids is 2. The molecule has 2 amide bonds. The quantitative estimate of drug-likeness (QED) is 0.549. The minimum absolute atomic E-state index is 0.0722. The average Bonchev–Trinajstić information content (AvgIpc) is 3.06. The highest BCUT2D eigenvalue weighted by atomic mass is 35.5. The van der Waals surface area contributed by atoms with E-state index in [1.165, 1.54) is 62.2 Å². The second kappa shape index (κ2) is 10.5. The number of ether oxygens (including phenoxy) is 1. The zero-order valence-electron chi connectivity index (χ0n) is 18.2. The van der Waals surface area contributed by atoms with Gasteiger partial charge in [0.25, 0.3) is 5.91 Å². The number of rotatable bonds is 5. The van der Waals surface area contributed by atoms with Crippen molar-refractivity contribution in [2.45, 2.75) is 34.3 Å². The minimum atomic E-state index is -2.97. The van der Waals surface area contributed by atoms with Gasteiger partial charge in [-0.25, -0.2) is 4.39 Å². The SMILES string of the molecule is CC.CC1=NN(c2ccc(OC(F)F)cc2)C(=O)C1C(=O)N(C)c1cc(C)c(F)c(Cl)c1. The molecule has 2 aromatic rings. The van der Waals surface area contributed by atoms with E-state index in [1.807, 2.05) is 13.8 Å². The molecule has 0 radical (unpaired) electrons. The maximum Gasteiger partial charge on any atom is 0.387 e. The van der Waals surface area contributed by atoms with Crippen LogP contribution in [0.2, 0.25) is 5.02 Å². The number of hydrogen-bond donors (Lipinski definition) is 0. The summed E-state index contributed by atoms with van der Waals surface area (Å²) in [5.74, 6) is -3.00. The molecule has 0 saturated heterocycles. The summed E-state index contributed by atoms with van der Waals surface area (Å²) in [6.45, 7) is 4.08. The summed E-state index contributed by atoms with van der Waals surface area (Å²) < 4.78 is 42.6. The van der Waals surface area contributed by atoms with Crippen molar-refractivity contribution in [3.8, 4) is 5.75 Å². The third-order valence-corrected chi connectivity index (χ3v) is 4.87. The van der Waals surface area contributed by atoms with Gasteiger partial charge >= 0.3 is 6.61 Å². The summed E-state index contributed by atoms with van der Waals surface area (Å²) in [5, 5.41) is 5.03. The fourth-order valence-electron chi connectivity index (χ4n) is 3.03. The number of hydrazone groups is 1. The van der Waals surface area contributed by atoms with E-state index in [0.717, 1.165) is 5.01 Å². The number of hydrogen-bond acceptors (Lipinski definition) is 4. The average molecular weight is 470 g/mol. The van der Waals surface area contributed by atoms with E-state index in [9.17, 15) is 22.8 Å². The molecule has 1 atom stereocenters. The van der Waals surface area contributed by atoms with Gasteiger partial charge in [-0.2, -0.15) is 18.9 Å². The first-order valence-electron chi connectivity index (χ1n) is 9.77. The molecule has 0 fully saturated rings. The number of carbonyl (C=O) groups is 2. The molecular formula is C22H23ClF3N3O3. The lowest BCUT2D eigenvalue weighted by atomic mass is 10.0. The van der Waals surface area contributed by atoms with Crippen LogP contribution in [0.1, 0.15) is 26.3 Å². The number of alkyl halides is 2. The Bertz CT molecular complexity index is 1010. The zero-order chi connectivity index (χ0) is 24.2. The Kier molecular flexibility index (Phi) is 8.26. The third kappa shape index (κ3) is 5.21. The molecule has 1 unspecified atom stereocenters. The van der Waals surface area contributed by atoms with Crippen molar-refractivity contribution in [2.75, 3.05) is 17.0 Å². The highest BCUT2D eigenvalue weighted by Crippen LogP contribution is 2.30. The van der Waals surface area contributed by atoms with Crippen LogP contribution in [0.4, 0.5) is 24.5 Å². The van der Waals surface area contributed by atoms with Crippen LogP contribution in [0.3, 0.4) is 0 Å². The molecule has 172 valence electrons. The summed E-state index contributed by atoms with van der Waals surface area (Å²) in [5.41, 5.74) is 1.14. The Hall–Kier alpha value is -3.07. The summed E-state index contributed by atoms with van der Waals surface area (Å²) in [6.07, 6.45) is 0. The van der Waals surface area contributed by atoms with Crippen molar-refractivity contribution in [3.05, 3.63) is 52.8 Å². The van der Waals surface area contributed by atoms with Crippen LogP contribution in [0.15, 0.2) is 41.5 Å². The van der Waals surface area contributed by atoms with Crippen LogP contribution in [-0.4, -0.2) is 31.2 Å². The Labute approximate surface area is 189 Å². The molecule has 2 aromatic carbocycles. The molecule has 1 aliphatic heterocycles. The number of benzene rings is 2. The van der Waals surface area contributed by atoms with Crippen LogP contribution in [0.5, 0.6) is 5.75 Å². The normalized spacial score (nSPS) is 15.3.